The van der Waals surface area contributed by atoms with Crippen LogP contribution >= 0.6 is 0 Å². The molecule has 0 aromatic carbocycles. The number of aliphatic hydroxyl groups is 4. The lowest BCUT2D eigenvalue weighted by Crippen LogP contribution is -2.46. The number of rotatable bonds is 31. The second-order valence-electron chi connectivity index (χ2n) is 14.0. The van der Waals surface area contributed by atoms with Gasteiger partial charge in [-0.2, -0.15) is 0 Å². The first-order chi connectivity index (χ1) is 22.1. The minimum absolute atomic E-state index is 0.0525. The van der Waals surface area contributed by atoms with Crippen LogP contribution in [0, 0.1) is 23.7 Å². The van der Waals surface area contributed by atoms with Crippen LogP contribution in [0.25, 0.3) is 0 Å². The van der Waals surface area contributed by atoms with Crippen molar-refractivity contribution in [2.45, 2.75) is 111 Å². The van der Waals surface area contributed by atoms with Crippen molar-refractivity contribution >= 4 is 17.9 Å². The molecule has 0 aromatic rings. The molecule has 0 spiro atoms. The van der Waals surface area contributed by atoms with Gasteiger partial charge in [-0.25, -0.2) is 0 Å². The van der Waals surface area contributed by atoms with Gasteiger partial charge in [-0.15, -0.1) is 0 Å². The lowest BCUT2D eigenvalue weighted by molar-refractivity contribution is -0.147. The Hall–Kier alpha value is -1.87. The Labute approximate surface area is 282 Å². The molecule has 13 nitrogen and oxygen atoms in total. The van der Waals surface area contributed by atoms with Gasteiger partial charge in [0, 0.05) is 39.3 Å². The molecule has 0 bridgehead atoms. The van der Waals surface area contributed by atoms with E-state index in [0.717, 1.165) is 31.1 Å². The van der Waals surface area contributed by atoms with E-state index in [0.29, 0.717) is 11.8 Å². The maximum atomic E-state index is 12.6. The molecule has 3 atom stereocenters. The van der Waals surface area contributed by atoms with Crippen LogP contribution in [-0.4, -0.2) is 141 Å². The van der Waals surface area contributed by atoms with E-state index in [1.807, 2.05) is 0 Å². The van der Waals surface area contributed by atoms with Gasteiger partial charge >= 0.3 is 17.9 Å². The fourth-order valence-corrected chi connectivity index (χ4v) is 5.69. The van der Waals surface area contributed by atoms with Crippen LogP contribution < -0.4 is 0 Å². The van der Waals surface area contributed by atoms with E-state index in [4.69, 9.17) is 9.84 Å². The summed E-state index contributed by atoms with van der Waals surface area (Å²) >= 11 is 0. The predicted octanol–water partition coefficient (Wildman–Crippen LogP) is 2.69. The molecule has 0 rings (SSSR count). The van der Waals surface area contributed by atoms with Gasteiger partial charge < -0.3 is 35.4 Å². The van der Waals surface area contributed by atoms with Crippen LogP contribution in [0.1, 0.15) is 98.8 Å². The number of nitrogens with zero attached hydrogens (tertiary/aromatic N) is 3. The van der Waals surface area contributed by atoms with Crippen LogP contribution in [0.5, 0.6) is 0 Å². The monoisotopic (exact) mass is 677 g/mol. The molecule has 0 aromatic heterocycles. The molecule has 0 aliphatic rings. The number of aliphatic hydroxyl groups excluding tert-OH is 2. The Morgan fingerprint density at radius 3 is 1.30 bits per heavy atom. The van der Waals surface area contributed by atoms with Crippen LogP contribution in [0.3, 0.4) is 0 Å². The lowest BCUT2D eigenvalue weighted by Gasteiger charge is -2.29. The van der Waals surface area contributed by atoms with E-state index in [-0.39, 0.29) is 59.0 Å². The van der Waals surface area contributed by atoms with Gasteiger partial charge in [-0.05, 0) is 30.1 Å². The maximum Gasteiger partial charge on any atom is 0.320 e. The zero-order valence-corrected chi connectivity index (χ0v) is 29.8. The highest BCUT2D eigenvalue weighted by molar-refractivity contribution is 5.71. The van der Waals surface area contributed by atoms with E-state index < -0.39 is 37.0 Å². The molecule has 47 heavy (non-hydrogen) atoms. The van der Waals surface area contributed by atoms with Crippen molar-refractivity contribution in [3.05, 3.63) is 0 Å². The van der Waals surface area contributed by atoms with Gasteiger partial charge in [-0.1, -0.05) is 92.4 Å². The molecule has 0 radical (unpaired) electrons. The molecule has 0 saturated carbocycles. The summed E-state index contributed by atoms with van der Waals surface area (Å²) < 4.78 is 5.43. The van der Waals surface area contributed by atoms with Gasteiger partial charge in [0.15, 0.2) is 12.6 Å². The Morgan fingerprint density at radius 2 is 0.894 bits per heavy atom. The van der Waals surface area contributed by atoms with E-state index >= 15 is 0 Å². The predicted molar refractivity (Wildman–Crippen MR) is 181 cm³/mol. The first kappa shape index (κ1) is 45.1. The van der Waals surface area contributed by atoms with Gasteiger partial charge in [0.2, 0.25) is 0 Å². The minimum atomic E-state index is -1.75. The van der Waals surface area contributed by atoms with Crippen molar-refractivity contribution in [2.24, 2.45) is 23.7 Å². The van der Waals surface area contributed by atoms with E-state index in [9.17, 15) is 39.9 Å². The fourth-order valence-electron chi connectivity index (χ4n) is 5.69. The summed E-state index contributed by atoms with van der Waals surface area (Å²) in [4.78, 5) is 39.3. The zero-order chi connectivity index (χ0) is 35.8. The van der Waals surface area contributed by atoms with Gasteiger partial charge in [-0.3, -0.25) is 29.1 Å². The van der Waals surface area contributed by atoms with Crippen molar-refractivity contribution in [2.75, 3.05) is 65.5 Å². The third-order valence-electron chi connectivity index (χ3n) is 8.52. The molecule has 0 aliphatic carbocycles. The Balaban J connectivity index is 4.53. The Bertz CT molecular complexity index is 830. The molecule has 3 unspecified atom stereocenters. The average molecular weight is 678 g/mol. The number of aliphatic carboxylic acids is 2. The highest BCUT2D eigenvalue weighted by atomic mass is 16.5. The summed E-state index contributed by atoms with van der Waals surface area (Å²) in [5, 5.41) is 55.9. The molecule has 6 N–H and O–H groups in total. The number of carboxylic acid groups (broad SMARTS) is 2. The third-order valence-corrected chi connectivity index (χ3v) is 8.52. The fraction of sp³-hybridized carbons (Fsp3) is 0.912. The van der Waals surface area contributed by atoms with Gasteiger partial charge in [0.1, 0.15) is 0 Å². The standard InChI is InChI=1S/C34H67N3O10/c1-26(2)9-6-10-27(3)11-7-12-28(4)13-8-14-29(5)15-20-47-34(46)25-37(24-33(44)45)19-17-35(21-30(38)39)16-18-36(22-31(40)41)23-32(42)43/h26-29,31,33,40-41,44-45H,6-25H2,1-5H3,(H,38,39)(H,42,43). The van der Waals surface area contributed by atoms with Crippen LogP contribution in [0.2, 0.25) is 0 Å². The second kappa shape index (κ2) is 27.0. The van der Waals surface area contributed by atoms with Crippen molar-refractivity contribution in [3.8, 4) is 0 Å². The molecule has 0 amide bonds. The lowest BCUT2D eigenvalue weighted by atomic mass is 9.91. The summed E-state index contributed by atoms with van der Waals surface area (Å²) in [5.41, 5.74) is 0. The minimum Gasteiger partial charge on any atom is -0.480 e. The number of esters is 1. The van der Waals surface area contributed by atoms with E-state index in [1.54, 1.807) is 0 Å². The molecular formula is C34H67N3O10. The second-order valence-corrected chi connectivity index (χ2v) is 14.0. The number of hydrogen-bond acceptors (Lipinski definition) is 11. The SMILES string of the molecule is CC(C)CCCC(C)CCCC(C)CCCC(C)CCOC(=O)CN(CCN(CCN(CC(=O)O)CC(O)O)CC(=O)O)CC(O)O. The summed E-state index contributed by atoms with van der Waals surface area (Å²) in [6, 6.07) is 0. The number of hydrogen-bond donors (Lipinski definition) is 6. The largest absolute Gasteiger partial charge is 0.480 e. The summed E-state index contributed by atoms with van der Waals surface area (Å²) in [5.74, 6) is -0.0946. The molecule has 0 saturated heterocycles. The van der Waals surface area contributed by atoms with Gasteiger partial charge in [0.05, 0.1) is 26.2 Å². The Morgan fingerprint density at radius 1 is 0.532 bits per heavy atom. The highest BCUT2D eigenvalue weighted by Crippen LogP contribution is 2.22. The molecule has 0 heterocycles. The summed E-state index contributed by atoms with van der Waals surface area (Å²) in [7, 11) is 0. The van der Waals surface area contributed by atoms with E-state index in [1.165, 1.54) is 59.6 Å². The third kappa shape index (κ3) is 28.8. The molecule has 0 aliphatic heterocycles. The average Bonchev–Trinajstić information content (AvgIpc) is 2.92. The topological polar surface area (TPSA) is 192 Å². The molecule has 0 fully saturated rings. The van der Waals surface area contributed by atoms with Crippen LogP contribution in [0.4, 0.5) is 0 Å². The van der Waals surface area contributed by atoms with Crippen LogP contribution in [0.15, 0.2) is 0 Å². The van der Waals surface area contributed by atoms with Gasteiger partial charge in [0.25, 0.3) is 0 Å². The van der Waals surface area contributed by atoms with Crippen LogP contribution in [-0.2, 0) is 19.1 Å². The number of ether oxygens (including phenoxy) is 1. The number of carbonyl (C=O) groups is 3. The van der Waals surface area contributed by atoms with Crippen molar-refractivity contribution in [1.29, 1.82) is 0 Å². The smallest absolute Gasteiger partial charge is 0.320 e. The zero-order valence-electron chi connectivity index (χ0n) is 29.8. The first-order valence-electron chi connectivity index (χ1n) is 17.6. The Kier molecular flexibility index (Phi) is 25.9. The summed E-state index contributed by atoms with van der Waals surface area (Å²) in [6.07, 6.45) is 8.53. The number of carbonyl (C=O) groups excluding carboxylic acids is 1. The quantitative estimate of drug-likeness (QED) is 0.0464. The molecular weight excluding hydrogens is 610 g/mol. The van der Waals surface area contributed by atoms with E-state index in [2.05, 4.69) is 34.6 Å². The first-order valence-corrected chi connectivity index (χ1v) is 17.6. The molecule has 13 heteroatoms. The van der Waals surface area contributed by atoms with Crippen molar-refractivity contribution in [3.63, 3.8) is 0 Å². The maximum absolute atomic E-state index is 12.6. The molecule has 278 valence electrons. The number of carboxylic acids is 2. The highest BCUT2D eigenvalue weighted by Gasteiger charge is 2.20. The van der Waals surface area contributed by atoms with Crippen molar-refractivity contribution < 1.29 is 49.8 Å². The normalized spacial score (nSPS) is 14.1. The van der Waals surface area contributed by atoms with Crippen molar-refractivity contribution in [1.82, 2.24) is 14.7 Å². The summed E-state index contributed by atoms with van der Waals surface area (Å²) in [6.45, 7) is 10.5.